The second-order valence-electron chi connectivity index (χ2n) is 6.76. The fraction of sp³-hybridized carbons (Fsp3) is 0.250. The van der Waals surface area contributed by atoms with Gasteiger partial charge in [-0.3, -0.25) is 0 Å². The zero-order valence-electron chi connectivity index (χ0n) is 16.8. The zero-order valence-corrected chi connectivity index (χ0v) is 19.0. The molecule has 0 unspecified atom stereocenters. The first kappa shape index (κ1) is 22.8. The van der Waals surface area contributed by atoms with Gasteiger partial charge in [-0.15, -0.1) is 0 Å². The van der Waals surface area contributed by atoms with Gasteiger partial charge in [0.2, 0.25) is 0 Å². The molecule has 0 saturated carbocycles. The summed E-state index contributed by atoms with van der Waals surface area (Å²) < 4.78 is 11.7. The summed E-state index contributed by atoms with van der Waals surface area (Å²) in [4.78, 5) is 0. The summed E-state index contributed by atoms with van der Waals surface area (Å²) in [7, 11) is 0. The SMILES string of the molecule is CCOc1cc(CNCCc2ccc(Cl)cc2)ccc1OCc1c(Cl)cccc1Cl. The van der Waals surface area contributed by atoms with Gasteiger partial charge >= 0.3 is 0 Å². The summed E-state index contributed by atoms with van der Waals surface area (Å²) in [5.74, 6) is 1.37. The van der Waals surface area contributed by atoms with Crippen molar-refractivity contribution in [3.8, 4) is 11.5 Å². The van der Waals surface area contributed by atoms with Crippen molar-refractivity contribution in [1.82, 2.24) is 5.32 Å². The highest BCUT2D eigenvalue weighted by Crippen LogP contribution is 2.31. The molecular formula is C24H24Cl3NO2. The van der Waals surface area contributed by atoms with Gasteiger partial charge in [0.05, 0.1) is 6.61 Å². The molecule has 30 heavy (non-hydrogen) atoms. The van der Waals surface area contributed by atoms with Crippen molar-refractivity contribution in [3.63, 3.8) is 0 Å². The van der Waals surface area contributed by atoms with E-state index in [1.165, 1.54) is 5.56 Å². The molecule has 0 radical (unpaired) electrons. The molecule has 0 saturated heterocycles. The van der Waals surface area contributed by atoms with Crippen LogP contribution in [0.4, 0.5) is 0 Å². The van der Waals surface area contributed by atoms with Crippen molar-refractivity contribution in [3.05, 3.63) is 92.4 Å². The van der Waals surface area contributed by atoms with Crippen LogP contribution in [-0.2, 0) is 19.6 Å². The van der Waals surface area contributed by atoms with E-state index in [0.717, 1.165) is 35.7 Å². The van der Waals surface area contributed by atoms with Gasteiger partial charge in [0.15, 0.2) is 11.5 Å². The molecule has 0 bridgehead atoms. The zero-order chi connectivity index (χ0) is 21.3. The van der Waals surface area contributed by atoms with Gasteiger partial charge in [0, 0.05) is 27.2 Å². The van der Waals surface area contributed by atoms with Gasteiger partial charge in [-0.25, -0.2) is 0 Å². The van der Waals surface area contributed by atoms with E-state index in [1.54, 1.807) is 12.1 Å². The van der Waals surface area contributed by atoms with E-state index in [0.29, 0.717) is 28.2 Å². The largest absolute Gasteiger partial charge is 0.490 e. The Kier molecular flexibility index (Phi) is 8.71. The molecule has 158 valence electrons. The second kappa shape index (κ2) is 11.5. The number of ether oxygens (including phenoxy) is 2. The molecule has 0 fully saturated rings. The fourth-order valence-electron chi connectivity index (χ4n) is 2.99. The first-order valence-electron chi connectivity index (χ1n) is 9.83. The number of rotatable bonds is 10. The number of hydrogen-bond donors (Lipinski definition) is 1. The normalized spacial score (nSPS) is 10.8. The molecule has 0 heterocycles. The predicted molar refractivity (Wildman–Crippen MR) is 125 cm³/mol. The van der Waals surface area contributed by atoms with Crippen LogP contribution in [0, 0.1) is 0 Å². The minimum atomic E-state index is 0.275. The Morgan fingerprint density at radius 1 is 0.800 bits per heavy atom. The van der Waals surface area contributed by atoms with Crippen molar-refractivity contribution in [2.24, 2.45) is 0 Å². The van der Waals surface area contributed by atoms with E-state index < -0.39 is 0 Å². The Morgan fingerprint density at radius 2 is 1.50 bits per heavy atom. The topological polar surface area (TPSA) is 30.5 Å². The summed E-state index contributed by atoms with van der Waals surface area (Å²) in [6, 6.07) is 19.3. The first-order chi connectivity index (χ1) is 14.6. The molecular weight excluding hydrogens is 441 g/mol. The summed E-state index contributed by atoms with van der Waals surface area (Å²) in [5, 5.41) is 5.39. The van der Waals surface area contributed by atoms with E-state index in [-0.39, 0.29) is 6.61 Å². The van der Waals surface area contributed by atoms with E-state index in [1.807, 2.05) is 43.3 Å². The lowest BCUT2D eigenvalue weighted by atomic mass is 10.1. The number of benzene rings is 3. The standard InChI is InChI=1S/C24H24Cl3NO2/c1-2-29-24-14-18(15-28-13-12-17-6-9-19(25)10-7-17)8-11-23(24)30-16-20-21(26)4-3-5-22(20)27/h3-11,14,28H,2,12-13,15-16H2,1H3. The molecule has 3 aromatic rings. The van der Waals surface area contributed by atoms with Crippen LogP contribution in [0.2, 0.25) is 15.1 Å². The maximum Gasteiger partial charge on any atom is 0.161 e. The smallest absolute Gasteiger partial charge is 0.161 e. The maximum absolute atomic E-state index is 6.23. The monoisotopic (exact) mass is 463 g/mol. The highest BCUT2D eigenvalue weighted by atomic mass is 35.5. The van der Waals surface area contributed by atoms with Crippen LogP contribution in [0.1, 0.15) is 23.6 Å². The third kappa shape index (κ3) is 6.55. The van der Waals surface area contributed by atoms with E-state index >= 15 is 0 Å². The molecule has 0 spiro atoms. The number of halogens is 3. The van der Waals surface area contributed by atoms with E-state index in [4.69, 9.17) is 44.3 Å². The predicted octanol–water partition coefficient (Wildman–Crippen LogP) is 6.96. The average molecular weight is 465 g/mol. The van der Waals surface area contributed by atoms with Gasteiger partial charge in [0.1, 0.15) is 6.61 Å². The van der Waals surface area contributed by atoms with Crippen LogP contribution in [-0.4, -0.2) is 13.2 Å². The van der Waals surface area contributed by atoms with Gasteiger partial charge in [-0.05, 0) is 67.4 Å². The van der Waals surface area contributed by atoms with Crippen LogP contribution < -0.4 is 14.8 Å². The molecule has 0 aliphatic carbocycles. The highest BCUT2D eigenvalue weighted by Gasteiger charge is 2.10. The Morgan fingerprint density at radius 3 is 2.20 bits per heavy atom. The molecule has 3 nitrogen and oxygen atoms in total. The lowest BCUT2D eigenvalue weighted by Crippen LogP contribution is -2.16. The van der Waals surface area contributed by atoms with Crippen molar-refractivity contribution in [1.29, 1.82) is 0 Å². The van der Waals surface area contributed by atoms with Crippen LogP contribution in [0.25, 0.3) is 0 Å². The minimum Gasteiger partial charge on any atom is -0.490 e. The number of nitrogens with one attached hydrogen (secondary N) is 1. The van der Waals surface area contributed by atoms with E-state index in [9.17, 15) is 0 Å². The molecule has 3 aromatic carbocycles. The van der Waals surface area contributed by atoms with Gasteiger partial charge in [0.25, 0.3) is 0 Å². The molecule has 6 heteroatoms. The molecule has 3 rings (SSSR count). The average Bonchev–Trinajstić information content (AvgIpc) is 2.73. The van der Waals surface area contributed by atoms with Crippen molar-refractivity contribution >= 4 is 34.8 Å². The second-order valence-corrected chi connectivity index (χ2v) is 8.01. The third-order valence-corrected chi connectivity index (χ3v) is 5.53. The molecule has 0 atom stereocenters. The summed E-state index contributed by atoms with van der Waals surface area (Å²) in [6.45, 7) is 4.39. The molecule has 0 aliphatic heterocycles. The van der Waals surface area contributed by atoms with Crippen molar-refractivity contribution < 1.29 is 9.47 Å². The number of hydrogen-bond acceptors (Lipinski definition) is 3. The summed E-state index contributed by atoms with van der Waals surface area (Å²) in [5.41, 5.74) is 3.14. The summed E-state index contributed by atoms with van der Waals surface area (Å²) >= 11 is 18.4. The van der Waals surface area contributed by atoms with Crippen molar-refractivity contribution in [2.45, 2.75) is 26.5 Å². The Labute approximate surface area is 192 Å². The Balaban J connectivity index is 1.58. The molecule has 1 N–H and O–H groups in total. The van der Waals surface area contributed by atoms with Crippen molar-refractivity contribution in [2.75, 3.05) is 13.2 Å². The van der Waals surface area contributed by atoms with Crippen LogP contribution >= 0.6 is 34.8 Å². The van der Waals surface area contributed by atoms with Gasteiger partial charge < -0.3 is 14.8 Å². The quantitative estimate of drug-likeness (QED) is 0.329. The van der Waals surface area contributed by atoms with Crippen LogP contribution in [0.15, 0.2) is 60.7 Å². The molecule has 0 aliphatic rings. The Bertz CT molecular complexity index is 941. The summed E-state index contributed by atoms with van der Waals surface area (Å²) in [6.07, 6.45) is 0.940. The third-order valence-electron chi connectivity index (χ3n) is 4.57. The van der Waals surface area contributed by atoms with Crippen LogP contribution in [0.5, 0.6) is 11.5 Å². The Hall–Kier alpha value is -1.91. The lowest BCUT2D eigenvalue weighted by molar-refractivity contribution is 0.269. The highest BCUT2D eigenvalue weighted by molar-refractivity contribution is 6.35. The van der Waals surface area contributed by atoms with Gasteiger partial charge in [-0.1, -0.05) is 59.1 Å². The van der Waals surface area contributed by atoms with Gasteiger partial charge in [-0.2, -0.15) is 0 Å². The minimum absolute atomic E-state index is 0.275. The van der Waals surface area contributed by atoms with E-state index in [2.05, 4.69) is 17.4 Å². The maximum atomic E-state index is 6.23. The van der Waals surface area contributed by atoms with Crippen LogP contribution in [0.3, 0.4) is 0 Å². The fourth-order valence-corrected chi connectivity index (χ4v) is 3.62. The molecule has 0 aromatic heterocycles. The first-order valence-corrected chi connectivity index (χ1v) is 11.0. The molecule has 0 amide bonds. The lowest BCUT2D eigenvalue weighted by Gasteiger charge is -2.15.